The quantitative estimate of drug-likeness (QED) is 0.314. The summed E-state index contributed by atoms with van der Waals surface area (Å²) in [6, 6.07) is 18.8. The van der Waals surface area contributed by atoms with Gasteiger partial charge in [-0.2, -0.15) is 0 Å². The lowest BCUT2D eigenvalue weighted by Gasteiger charge is -2.31. The van der Waals surface area contributed by atoms with Crippen LogP contribution in [-0.4, -0.2) is 23.9 Å². The summed E-state index contributed by atoms with van der Waals surface area (Å²) in [6.07, 6.45) is 0. The van der Waals surface area contributed by atoms with Gasteiger partial charge in [0.15, 0.2) is 11.5 Å². The van der Waals surface area contributed by atoms with Crippen LogP contribution < -0.4 is 16.6 Å². The second-order valence-electron chi connectivity index (χ2n) is 8.81. The monoisotopic (exact) mass is 500 g/mol. The number of hydrogen-bond donors (Lipinski definition) is 3. The minimum Gasteiger partial charge on any atom is -0.504 e. The van der Waals surface area contributed by atoms with Crippen LogP contribution in [0.4, 0.5) is 5.69 Å². The molecular formula is C27H21ClN4O4. The maximum absolute atomic E-state index is 13.7. The molecule has 0 bridgehead atoms. The van der Waals surface area contributed by atoms with E-state index in [0.717, 1.165) is 21.5 Å². The third kappa shape index (κ3) is 2.94. The van der Waals surface area contributed by atoms with Crippen molar-refractivity contribution < 1.29 is 10.2 Å². The van der Waals surface area contributed by atoms with E-state index in [1.54, 1.807) is 31.3 Å². The molecule has 0 saturated carbocycles. The predicted octanol–water partition coefficient (Wildman–Crippen LogP) is 4.27. The lowest BCUT2D eigenvalue weighted by molar-refractivity contribution is 0.398. The lowest BCUT2D eigenvalue weighted by Crippen LogP contribution is -2.37. The number of aromatic hydroxyl groups is 2. The lowest BCUT2D eigenvalue weighted by atomic mass is 9.98. The summed E-state index contributed by atoms with van der Waals surface area (Å²) >= 11 is 6.17. The van der Waals surface area contributed by atoms with Crippen molar-refractivity contribution >= 4 is 28.2 Å². The zero-order chi connectivity index (χ0) is 25.3. The molecule has 0 radical (unpaired) electrons. The van der Waals surface area contributed by atoms with E-state index in [-0.39, 0.29) is 11.5 Å². The molecule has 1 atom stereocenters. The molecule has 1 aliphatic heterocycles. The maximum Gasteiger partial charge on any atom is 0.331 e. The molecular weight excluding hydrogens is 480 g/mol. The second kappa shape index (κ2) is 7.79. The van der Waals surface area contributed by atoms with E-state index < -0.39 is 17.3 Å². The van der Waals surface area contributed by atoms with Crippen molar-refractivity contribution in [2.75, 3.05) is 5.32 Å². The third-order valence-electron chi connectivity index (χ3n) is 6.80. The van der Waals surface area contributed by atoms with E-state index in [1.165, 1.54) is 17.7 Å². The molecule has 6 rings (SSSR count). The van der Waals surface area contributed by atoms with E-state index in [2.05, 4.69) is 5.32 Å². The number of rotatable bonds is 2. The molecule has 3 heterocycles. The first kappa shape index (κ1) is 22.1. The second-order valence-corrected chi connectivity index (χ2v) is 9.25. The van der Waals surface area contributed by atoms with Crippen LogP contribution in [0.3, 0.4) is 0 Å². The van der Waals surface area contributed by atoms with Gasteiger partial charge in [-0.15, -0.1) is 0 Å². The Morgan fingerprint density at radius 2 is 1.61 bits per heavy atom. The molecule has 36 heavy (non-hydrogen) atoms. The molecule has 0 saturated heterocycles. The number of benzene rings is 3. The van der Waals surface area contributed by atoms with Gasteiger partial charge < -0.3 is 20.1 Å². The van der Waals surface area contributed by atoms with E-state index in [0.29, 0.717) is 32.9 Å². The predicted molar refractivity (Wildman–Crippen MR) is 139 cm³/mol. The van der Waals surface area contributed by atoms with Gasteiger partial charge in [0.2, 0.25) is 0 Å². The number of para-hydroxylation sites is 3. The molecule has 0 spiro atoms. The largest absolute Gasteiger partial charge is 0.504 e. The van der Waals surface area contributed by atoms with Gasteiger partial charge in [0.1, 0.15) is 0 Å². The van der Waals surface area contributed by atoms with Crippen LogP contribution in [-0.2, 0) is 14.1 Å². The van der Waals surface area contributed by atoms with Crippen molar-refractivity contribution in [3.8, 4) is 28.4 Å². The number of anilines is 1. The normalized spacial score (nSPS) is 14.4. The van der Waals surface area contributed by atoms with Crippen molar-refractivity contribution in [1.29, 1.82) is 0 Å². The number of halogens is 1. The first-order chi connectivity index (χ1) is 17.3. The van der Waals surface area contributed by atoms with Gasteiger partial charge in [-0.25, -0.2) is 4.79 Å². The van der Waals surface area contributed by atoms with Crippen molar-refractivity contribution in [3.05, 3.63) is 104 Å². The number of nitrogens with zero attached hydrogens (tertiary/aromatic N) is 3. The Balaban J connectivity index is 1.87. The van der Waals surface area contributed by atoms with Crippen molar-refractivity contribution in [1.82, 2.24) is 13.7 Å². The Kier molecular flexibility index (Phi) is 4.77. The van der Waals surface area contributed by atoms with Gasteiger partial charge in [0, 0.05) is 24.7 Å². The summed E-state index contributed by atoms with van der Waals surface area (Å²) < 4.78 is 4.49. The standard InChI is InChI=1S/C27H21ClN4O4/c1-30-23-20(26(35)31(2)27(30)36)22(14-10-12-15(28)13-11-14)32-18-8-4-3-7-17(18)29-21(24(23)32)16-6-5-9-19(33)25(16)34/h3-13,21,29,33-34H,1-2H3/t21-/m1/s1. The highest BCUT2D eigenvalue weighted by Gasteiger charge is 2.36. The fourth-order valence-electron chi connectivity index (χ4n) is 5.11. The SMILES string of the molecule is Cn1c(=O)c2c(-c3ccc(Cl)cc3)n3c(c2n(C)c1=O)[C@@H](c1cccc(O)c1O)Nc1ccccc1-3. The van der Waals surface area contributed by atoms with Crippen molar-refractivity contribution in [2.45, 2.75) is 6.04 Å². The van der Waals surface area contributed by atoms with Crippen molar-refractivity contribution in [3.63, 3.8) is 0 Å². The zero-order valence-corrected chi connectivity index (χ0v) is 20.1. The number of aromatic nitrogens is 3. The molecule has 1 aliphatic rings. The Morgan fingerprint density at radius 1 is 0.889 bits per heavy atom. The molecule has 3 N–H and O–H groups in total. The van der Waals surface area contributed by atoms with Crippen LogP contribution in [0.25, 0.3) is 27.8 Å². The smallest absolute Gasteiger partial charge is 0.331 e. The maximum atomic E-state index is 13.7. The summed E-state index contributed by atoms with van der Waals surface area (Å²) in [7, 11) is 3.08. The minimum absolute atomic E-state index is 0.265. The number of nitrogens with one attached hydrogen (secondary N) is 1. The number of aryl methyl sites for hydroxylation is 1. The molecule has 2 aromatic heterocycles. The molecule has 0 amide bonds. The Morgan fingerprint density at radius 3 is 2.36 bits per heavy atom. The Bertz CT molecular complexity index is 1820. The van der Waals surface area contributed by atoms with E-state index in [4.69, 9.17) is 11.6 Å². The highest BCUT2D eigenvalue weighted by Crippen LogP contribution is 2.47. The zero-order valence-electron chi connectivity index (χ0n) is 19.4. The molecule has 9 heteroatoms. The van der Waals surface area contributed by atoms with Crippen LogP contribution >= 0.6 is 11.6 Å². The average Bonchev–Trinajstić information content (AvgIpc) is 3.24. The van der Waals surface area contributed by atoms with Crippen LogP contribution in [0.2, 0.25) is 5.02 Å². The van der Waals surface area contributed by atoms with E-state index >= 15 is 0 Å². The summed E-state index contributed by atoms with van der Waals surface area (Å²) in [5.74, 6) is -0.546. The van der Waals surface area contributed by atoms with Gasteiger partial charge in [0.05, 0.1) is 39.7 Å². The third-order valence-corrected chi connectivity index (χ3v) is 7.05. The fraction of sp³-hybridized carbons (Fsp3) is 0.111. The van der Waals surface area contributed by atoms with Gasteiger partial charge >= 0.3 is 5.69 Å². The average molecular weight is 501 g/mol. The summed E-state index contributed by atoms with van der Waals surface area (Å²) in [5.41, 5.74) is 3.40. The summed E-state index contributed by atoms with van der Waals surface area (Å²) in [5, 5.41) is 25.5. The summed E-state index contributed by atoms with van der Waals surface area (Å²) in [6.45, 7) is 0. The topological polar surface area (TPSA) is 101 Å². The first-order valence-electron chi connectivity index (χ1n) is 11.3. The molecule has 180 valence electrons. The molecule has 5 aromatic rings. The van der Waals surface area contributed by atoms with E-state index in [9.17, 15) is 19.8 Å². The fourth-order valence-corrected chi connectivity index (χ4v) is 5.24. The molecule has 8 nitrogen and oxygen atoms in total. The Hall–Kier alpha value is -4.43. The number of phenolic OH excluding ortho intramolecular Hbond substituents is 2. The Labute approximate surface area is 209 Å². The van der Waals surface area contributed by atoms with Gasteiger partial charge in [-0.05, 0) is 35.9 Å². The summed E-state index contributed by atoms with van der Waals surface area (Å²) in [4.78, 5) is 26.7. The van der Waals surface area contributed by atoms with Crippen molar-refractivity contribution in [2.24, 2.45) is 14.1 Å². The molecule has 0 aliphatic carbocycles. The number of fused-ring (bicyclic) bond motifs is 5. The molecule has 3 aromatic carbocycles. The highest BCUT2D eigenvalue weighted by atomic mass is 35.5. The van der Waals surface area contributed by atoms with Crippen LogP contribution in [0.15, 0.2) is 76.3 Å². The van der Waals surface area contributed by atoms with Gasteiger partial charge in [-0.1, -0.05) is 48.0 Å². The molecule has 0 unspecified atom stereocenters. The van der Waals surface area contributed by atoms with Crippen LogP contribution in [0.5, 0.6) is 11.5 Å². The highest BCUT2D eigenvalue weighted by molar-refractivity contribution is 6.30. The first-order valence-corrected chi connectivity index (χ1v) is 11.6. The van der Waals surface area contributed by atoms with Crippen LogP contribution in [0, 0.1) is 0 Å². The molecule has 0 fully saturated rings. The van der Waals surface area contributed by atoms with Crippen LogP contribution in [0.1, 0.15) is 17.3 Å². The van der Waals surface area contributed by atoms with Gasteiger partial charge in [-0.3, -0.25) is 13.9 Å². The number of hydrogen-bond acceptors (Lipinski definition) is 5. The number of phenols is 2. The van der Waals surface area contributed by atoms with E-state index in [1.807, 2.05) is 41.0 Å². The van der Waals surface area contributed by atoms with Gasteiger partial charge in [0.25, 0.3) is 5.56 Å². The minimum atomic E-state index is -0.687.